The quantitative estimate of drug-likeness (QED) is 0.662. The van der Waals surface area contributed by atoms with Crippen molar-refractivity contribution in [2.24, 2.45) is 0 Å². The van der Waals surface area contributed by atoms with E-state index in [1.54, 1.807) is 18.1 Å². The van der Waals surface area contributed by atoms with Crippen LogP contribution in [0.4, 0.5) is 0 Å². The number of hydrogen-bond acceptors (Lipinski definition) is 3. The topological polar surface area (TPSA) is 29.5 Å². The van der Waals surface area contributed by atoms with Gasteiger partial charge in [0.25, 0.3) is 0 Å². The monoisotopic (exact) mass is 279 g/mol. The second-order valence-electron chi connectivity index (χ2n) is 4.22. The Balaban J connectivity index is 2.99. The summed E-state index contributed by atoms with van der Waals surface area (Å²) in [6.07, 6.45) is 1.67. The van der Waals surface area contributed by atoms with Crippen molar-refractivity contribution in [3.05, 3.63) is 29.8 Å². The summed E-state index contributed by atoms with van der Waals surface area (Å²) >= 11 is 4.31. The Morgan fingerprint density at radius 1 is 1.37 bits per heavy atom. The van der Waals surface area contributed by atoms with E-state index in [2.05, 4.69) is 12.6 Å². The number of amides is 1. The Labute approximate surface area is 120 Å². The number of allylic oxidation sites excluding steroid dienone is 1. The van der Waals surface area contributed by atoms with Crippen molar-refractivity contribution in [2.45, 2.75) is 25.7 Å². The standard InChI is InChI=1S/C15H21NO2S/c1-5-16(6-2)15(17)9-11(3)12-7-8-14(19)13(10-12)18-4/h7-10,19H,5-6H2,1-4H3. The van der Waals surface area contributed by atoms with E-state index >= 15 is 0 Å². The second-order valence-corrected chi connectivity index (χ2v) is 4.71. The number of carbonyl (C=O) groups is 1. The fourth-order valence-corrected chi connectivity index (χ4v) is 2.05. The van der Waals surface area contributed by atoms with Crippen LogP contribution in [0.15, 0.2) is 29.2 Å². The smallest absolute Gasteiger partial charge is 0.246 e. The minimum Gasteiger partial charge on any atom is -0.496 e. The summed E-state index contributed by atoms with van der Waals surface area (Å²) in [7, 11) is 1.61. The van der Waals surface area contributed by atoms with E-state index in [-0.39, 0.29) is 5.91 Å². The van der Waals surface area contributed by atoms with Crippen LogP contribution >= 0.6 is 12.6 Å². The van der Waals surface area contributed by atoms with Crippen molar-refractivity contribution in [1.82, 2.24) is 4.90 Å². The summed E-state index contributed by atoms with van der Waals surface area (Å²) in [5, 5.41) is 0. The third kappa shape index (κ3) is 4.03. The van der Waals surface area contributed by atoms with Crippen LogP contribution in [-0.4, -0.2) is 31.0 Å². The van der Waals surface area contributed by atoms with E-state index < -0.39 is 0 Å². The average Bonchev–Trinajstić information content (AvgIpc) is 2.40. The molecule has 0 fully saturated rings. The van der Waals surface area contributed by atoms with Crippen molar-refractivity contribution in [3.63, 3.8) is 0 Å². The molecule has 3 nitrogen and oxygen atoms in total. The first-order valence-corrected chi connectivity index (χ1v) is 6.82. The average molecular weight is 279 g/mol. The van der Waals surface area contributed by atoms with Gasteiger partial charge in [-0.25, -0.2) is 0 Å². The number of nitrogens with zero attached hydrogens (tertiary/aromatic N) is 1. The first-order chi connectivity index (χ1) is 9.03. The van der Waals surface area contributed by atoms with Gasteiger partial charge in [0.1, 0.15) is 5.75 Å². The number of ether oxygens (including phenoxy) is 1. The number of hydrogen-bond donors (Lipinski definition) is 1. The van der Waals surface area contributed by atoms with Gasteiger partial charge in [-0.2, -0.15) is 0 Å². The van der Waals surface area contributed by atoms with Crippen molar-refractivity contribution >= 4 is 24.1 Å². The van der Waals surface area contributed by atoms with Gasteiger partial charge in [0, 0.05) is 24.1 Å². The van der Waals surface area contributed by atoms with Crippen LogP contribution in [0.3, 0.4) is 0 Å². The fourth-order valence-electron chi connectivity index (χ4n) is 1.82. The molecule has 0 saturated heterocycles. The molecular formula is C15H21NO2S. The van der Waals surface area contributed by atoms with Crippen molar-refractivity contribution in [3.8, 4) is 5.75 Å². The molecule has 104 valence electrons. The summed E-state index contributed by atoms with van der Waals surface area (Å²) in [6.45, 7) is 7.32. The molecule has 1 aromatic rings. The van der Waals surface area contributed by atoms with Gasteiger partial charge in [-0.1, -0.05) is 6.07 Å². The molecule has 1 amide bonds. The third-order valence-corrected chi connectivity index (χ3v) is 3.42. The van der Waals surface area contributed by atoms with Crippen molar-refractivity contribution < 1.29 is 9.53 Å². The molecule has 1 rings (SSSR count). The van der Waals surface area contributed by atoms with E-state index in [0.717, 1.165) is 29.1 Å². The lowest BCUT2D eigenvalue weighted by molar-refractivity contribution is -0.125. The van der Waals surface area contributed by atoms with Gasteiger partial charge in [-0.15, -0.1) is 12.6 Å². The largest absolute Gasteiger partial charge is 0.496 e. The minimum atomic E-state index is 0.0383. The molecular weight excluding hydrogens is 258 g/mol. The van der Waals surface area contributed by atoms with Gasteiger partial charge in [0.05, 0.1) is 7.11 Å². The zero-order chi connectivity index (χ0) is 14.4. The third-order valence-electron chi connectivity index (χ3n) is 3.05. The predicted molar refractivity (Wildman–Crippen MR) is 81.8 cm³/mol. The van der Waals surface area contributed by atoms with Crippen LogP contribution in [-0.2, 0) is 4.79 Å². The van der Waals surface area contributed by atoms with Gasteiger partial charge in [-0.3, -0.25) is 4.79 Å². The molecule has 0 aliphatic rings. The molecule has 19 heavy (non-hydrogen) atoms. The summed E-state index contributed by atoms with van der Waals surface area (Å²) in [6, 6.07) is 5.70. The summed E-state index contributed by atoms with van der Waals surface area (Å²) in [4.78, 5) is 14.6. The normalized spacial score (nSPS) is 11.3. The number of benzene rings is 1. The van der Waals surface area contributed by atoms with Crippen LogP contribution < -0.4 is 4.74 Å². The van der Waals surface area contributed by atoms with Crippen molar-refractivity contribution in [1.29, 1.82) is 0 Å². The van der Waals surface area contributed by atoms with Gasteiger partial charge in [-0.05, 0) is 44.0 Å². The SMILES string of the molecule is CCN(CC)C(=O)C=C(C)c1ccc(S)c(OC)c1. The van der Waals surface area contributed by atoms with E-state index in [1.807, 2.05) is 39.0 Å². The van der Waals surface area contributed by atoms with Gasteiger partial charge >= 0.3 is 0 Å². The van der Waals surface area contributed by atoms with E-state index in [4.69, 9.17) is 4.74 Å². The van der Waals surface area contributed by atoms with Crippen LogP contribution in [0.25, 0.3) is 5.57 Å². The van der Waals surface area contributed by atoms with Crippen LogP contribution in [0.5, 0.6) is 5.75 Å². The molecule has 1 aromatic carbocycles. The molecule has 0 bridgehead atoms. The number of methoxy groups -OCH3 is 1. The number of likely N-dealkylation sites (N-methyl/N-ethyl adjacent to an activating group) is 1. The maximum absolute atomic E-state index is 12.0. The predicted octanol–water partition coefficient (Wildman–Crippen LogP) is 3.26. The first kappa shape index (κ1) is 15.6. The maximum Gasteiger partial charge on any atom is 0.246 e. The molecule has 0 aromatic heterocycles. The molecule has 0 N–H and O–H groups in total. The van der Waals surface area contributed by atoms with Crippen LogP contribution in [0, 0.1) is 0 Å². The number of rotatable bonds is 5. The lowest BCUT2D eigenvalue weighted by atomic mass is 10.1. The molecule has 0 unspecified atom stereocenters. The van der Waals surface area contributed by atoms with Gasteiger partial charge < -0.3 is 9.64 Å². The Morgan fingerprint density at radius 3 is 2.53 bits per heavy atom. The highest BCUT2D eigenvalue weighted by atomic mass is 32.1. The first-order valence-electron chi connectivity index (χ1n) is 6.38. The Hall–Kier alpha value is -1.42. The van der Waals surface area contributed by atoms with E-state index in [1.165, 1.54) is 0 Å². The summed E-state index contributed by atoms with van der Waals surface area (Å²) < 4.78 is 5.23. The number of carbonyl (C=O) groups excluding carboxylic acids is 1. The lowest BCUT2D eigenvalue weighted by Crippen LogP contribution is -2.28. The molecule has 0 saturated carbocycles. The maximum atomic E-state index is 12.0. The molecule has 0 radical (unpaired) electrons. The highest BCUT2D eigenvalue weighted by Crippen LogP contribution is 2.26. The molecule has 0 heterocycles. The molecule has 4 heteroatoms. The highest BCUT2D eigenvalue weighted by molar-refractivity contribution is 7.80. The zero-order valence-electron chi connectivity index (χ0n) is 11.9. The van der Waals surface area contributed by atoms with E-state index in [0.29, 0.717) is 5.75 Å². The number of thiol groups is 1. The Bertz CT molecular complexity index is 479. The highest BCUT2D eigenvalue weighted by Gasteiger charge is 2.08. The van der Waals surface area contributed by atoms with E-state index in [9.17, 15) is 4.79 Å². The summed E-state index contributed by atoms with van der Waals surface area (Å²) in [5.74, 6) is 0.750. The zero-order valence-corrected chi connectivity index (χ0v) is 12.8. The van der Waals surface area contributed by atoms with Crippen LogP contribution in [0.1, 0.15) is 26.3 Å². The molecule has 0 aliphatic heterocycles. The Morgan fingerprint density at radius 2 is 2.00 bits per heavy atom. The second kappa shape index (κ2) is 7.24. The van der Waals surface area contributed by atoms with Crippen molar-refractivity contribution in [2.75, 3.05) is 20.2 Å². The van der Waals surface area contributed by atoms with Gasteiger partial charge in [0.2, 0.25) is 5.91 Å². The fraction of sp³-hybridized carbons (Fsp3) is 0.400. The lowest BCUT2D eigenvalue weighted by Gasteiger charge is -2.17. The van der Waals surface area contributed by atoms with Gasteiger partial charge in [0.15, 0.2) is 0 Å². The Kier molecular flexibility index (Phi) is 5.96. The van der Waals surface area contributed by atoms with Crippen LogP contribution in [0.2, 0.25) is 0 Å². The minimum absolute atomic E-state index is 0.0383. The molecule has 0 atom stereocenters. The molecule has 0 aliphatic carbocycles. The summed E-state index contributed by atoms with van der Waals surface area (Å²) in [5.41, 5.74) is 1.89. The molecule has 0 spiro atoms.